The largest absolute Gasteiger partial charge is 0.383 e. The van der Waals surface area contributed by atoms with E-state index < -0.39 is 5.60 Å². The third kappa shape index (κ3) is 2.49. The Bertz CT molecular complexity index is 734. The first-order chi connectivity index (χ1) is 11.6. The standard InChI is InChI=1S/C20H23NO2S/c22-18(19(10-3-4-11-19)17-8-5-13-24-17)21-14-20(23)12-9-15-6-1-2-7-16(15)20/h1-2,5-8,13,23H,3-4,9-12,14H2,(H,21,22). The summed E-state index contributed by atoms with van der Waals surface area (Å²) in [6.07, 6.45) is 5.57. The van der Waals surface area contributed by atoms with Gasteiger partial charge in [0.15, 0.2) is 0 Å². The first kappa shape index (κ1) is 15.9. The quantitative estimate of drug-likeness (QED) is 0.894. The predicted octanol–water partition coefficient (Wildman–Crippen LogP) is 3.51. The number of nitrogens with one attached hydrogen (secondary N) is 1. The number of benzene rings is 1. The van der Waals surface area contributed by atoms with Crippen LogP contribution in [0.5, 0.6) is 0 Å². The van der Waals surface area contributed by atoms with Crippen molar-refractivity contribution in [2.75, 3.05) is 6.54 Å². The molecule has 2 aliphatic carbocycles. The van der Waals surface area contributed by atoms with Crippen molar-refractivity contribution in [1.29, 1.82) is 0 Å². The van der Waals surface area contributed by atoms with Gasteiger partial charge in [-0.2, -0.15) is 0 Å². The second kappa shape index (κ2) is 6.01. The first-order valence-corrected chi connectivity index (χ1v) is 9.65. The molecule has 2 N–H and O–H groups in total. The van der Waals surface area contributed by atoms with Crippen LogP contribution in [0.2, 0.25) is 0 Å². The van der Waals surface area contributed by atoms with Crippen LogP contribution in [-0.2, 0) is 22.2 Å². The summed E-state index contributed by atoms with van der Waals surface area (Å²) in [5.41, 5.74) is 0.856. The van der Waals surface area contributed by atoms with Crippen molar-refractivity contribution in [3.05, 3.63) is 57.8 Å². The maximum atomic E-state index is 13.1. The third-order valence-corrected chi connectivity index (χ3v) is 6.83. The van der Waals surface area contributed by atoms with Gasteiger partial charge in [-0.15, -0.1) is 11.3 Å². The molecule has 1 aromatic heterocycles. The summed E-state index contributed by atoms with van der Waals surface area (Å²) in [5, 5.41) is 16.2. The molecule has 4 rings (SSSR count). The Morgan fingerprint density at radius 2 is 1.92 bits per heavy atom. The minimum Gasteiger partial charge on any atom is -0.383 e. The van der Waals surface area contributed by atoms with Crippen LogP contribution >= 0.6 is 11.3 Å². The number of aliphatic hydroxyl groups is 1. The summed E-state index contributed by atoms with van der Waals surface area (Å²) in [5.74, 6) is 0.0836. The molecule has 2 aromatic rings. The van der Waals surface area contributed by atoms with Gasteiger partial charge in [-0.25, -0.2) is 0 Å². The van der Waals surface area contributed by atoms with Crippen molar-refractivity contribution in [2.45, 2.75) is 49.5 Å². The highest BCUT2D eigenvalue weighted by atomic mass is 32.1. The number of fused-ring (bicyclic) bond motifs is 1. The minimum atomic E-state index is -0.929. The van der Waals surface area contributed by atoms with E-state index in [0.717, 1.165) is 42.5 Å². The molecule has 1 unspecified atom stereocenters. The van der Waals surface area contributed by atoms with Crippen LogP contribution < -0.4 is 5.32 Å². The maximum absolute atomic E-state index is 13.1. The van der Waals surface area contributed by atoms with E-state index in [4.69, 9.17) is 0 Å². The second-order valence-corrected chi connectivity index (χ2v) is 8.09. The lowest BCUT2D eigenvalue weighted by atomic mass is 9.83. The Hall–Kier alpha value is -1.65. The zero-order valence-electron chi connectivity index (χ0n) is 13.8. The Balaban J connectivity index is 1.53. The highest BCUT2D eigenvalue weighted by molar-refractivity contribution is 7.10. The van der Waals surface area contributed by atoms with E-state index in [-0.39, 0.29) is 11.3 Å². The van der Waals surface area contributed by atoms with Crippen molar-refractivity contribution < 1.29 is 9.90 Å². The summed E-state index contributed by atoms with van der Waals surface area (Å²) >= 11 is 1.67. The Labute approximate surface area is 146 Å². The molecule has 1 saturated carbocycles. The van der Waals surface area contributed by atoms with Gasteiger partial charge in [-0.1, -0.05) is 43.2 Å². The number of hydrogen-bond donors (Lipinski definition) is 2. The first-order valence-electron chi connectivity index (χ1n) is 8.77. The number of rotatable bonds is 4. The summed E-state index contributed by atoms with van der Waals surface area (Å²) in [7, 11) is 0. The maximum Gasteiger partial charge on any atom is 0.231 e. The fourth-order valence-electron chi connectivity index (χ4n) is 4.36. The molecule has 126 valence electrons. The fourth-order valence-corrected chi connectivity index (χ4v) is 5.35. The lowest BCUT2D eigenvalue weighted by Crippen LogP contribution is -2.47. The molecular weight excluding hydrogens is 318 g/mol. The molecule has 0 spiro atoms. The SMILES string of the molecule is O=C(NCC1(O)CCc2ccccc21)C1(c2cccs2)CCCC1. The van der Waals surface area contributed by atoms with E-state index in [1.54, 1.807) is 11.3 Å². The average molecular weight is 341 g/mol. The van der Waals surface area contributed by atoms with E-state index in [1.807, 2.05) is 29.6 Å². The zero-order chi connectivity index (χ0) is 16.6. The summed E-state index contributed by atoms with van der Waals surface area (Å²) in [6, 6.07) is 12.1. The summed E-state index contributed by atoms with van der Waals surface area (Å²) in [4.78, 5) is 14.2. The van der Waals surface area contributed by atoms with Crippen LogP contribution in [0.15, 0.2) is 41.8 Å². The van der Waals surface area contributed by atoms with Crippen molar-refractivity contribution in [2.24, 2.45) is 0 Å². The zero-order valence-corrected chi connectivity index (χ0v) is 14.6. The van der Waals surface area contributed by atoms with Gasteiger partial charge < -0.3 is 10.4 Å². The van der Waals surface area contributed by atoms with Gasteiger partial charge in [-0.3, -0.25) is 4.79 Å². The Morgan fingerprint density at radius 3 is 2.67 bits per heavy atom. The number of aryl methyl sites for hydroxylation is 1. The van der Waals surface area contributed by atoms with Crippen molar-refractivity contribution in [3.8, 4) is 0 Å². The van der Waals surface area contributed by atoms with Gasteiger partial charge in [0.05, 0.1) is 12.0 Å². The molecule has 0 radical (unpaired) electrons. The minimum absolute atomic E-state index is 0.0836. The molecule has 0 bridgehead atoms. The lowest BCUT2D eigenvalue weighted by molar-refractivity contribution is -0.128. The van der Waals surface area contributed by atoms with E-state index in [9.17, 15) is 9.90 Å². The van der Waals surface area contributed by atoms with Crippen LogP contribution in [0.25, 0.3) is 0 Å². The molecule has 0 saturated heterocycles. The van der Waals surface area contributed by atoms with Crippen LogP contribution in [0.3, 0.4) is 0 Å². The van der Waals surface area contributed by atoms with Crippen LogP contribution in [-0.4, -0.2) is 17.6 Å². The Kier molecular flexibility index (Phi) is 3.97. The predicted molar refractivity (Wildman–Crippen MR) is 96.1 cm³/mol. The third-order valence-electron chi connectivity index (χ3n) is 5.75. The summed E-state index contributed by atoms with van der Waals surface area (Å²) < 4.78 is 0. The van der Waals surface area contributed by atoms with Crippen molar-refractivity contribution in [1.82, 2.24) is 5.32 Å². The second-order valence-electron chi connectivity index (χ2n) is 7.14. The highest BCUT2D eigenvalue weighted by Gasteiger charge is 2.45. The van der Waals surface area contributed by atoms with Crippen LogP contribution in [0, 0.1) is 0 Å². The molecule has 2 aliphatic rings. The van der Waals surface area contributed by atoms with Gasteiger partial charge in [0.1, 0.15) is 5.60 Å². The van der Waals surface area contributed by atoms with Gasteiger partial charge in [-0.05, 0) is 48.3 Å². The van der Waals surface area contributed by atoms with E-state index in [0.29, 0.717) is 13.0 Å². The van der Waals surface area contributed by atoms with Gasteiger partial charge in [0, 0.05) is 4.88 Å². The normalized spacial score (nSPS) is 24.7. The topological polar surface area (TPSA) is 49.3 Å². The van der Waals surface area contributed by atoms with E-state index >= 15 is 0 Å². The van der Waals surface area contributed by atoms with Gasteiger partial charge in [0.2, 0.25) is 5.91 Å². The number of carbonyl (C=O) groups excluding carboxylic acids is 1. The van der Waals surface area contributed by atoms with Crippen LogP contribution in [0.1, 0.15) is 48.1 Å². The van der Waals surface area contributed by atoms with E-state index in [2.05, 4.69) is 17.4 Å². The molecule has 1 fully saturated rings. The molecule has 4 heteroatoms. The molecule has 1 atom stereocenters. The molecule has 1 amide bonds. The molecule has 24 heavy (non-hydrogen) atoms. The van der Waals surface area contributed by atoms with Gasteiger partial charge in [0.25, 0.3) is 0 Å². The fraction of sp³-hybridized carbons (Fsp3) is 0.450. The molecular formula is C20H23NO2S. The van der Waals surface area contributed by atoms with Crippen molar-refractivity contribution >= 4 is 17.2 Å². The molecule has 1 aromatic carbocycles. The molecule has 1 heterocycles. The highest BCUT2D eigenvalue weighted by Crippen LogP contribution is 2.44. The van der Waals surface area contributed by atoms with Crippen LogP contribution in [0.4, 0.5) is 0 Å². The molecule has 0 aliphatic heterocycles. The monoisotopic (exact) mass is 341 g/mol. The Morgan fingerprint density at radius 1 is 1.12 bits per heavy atom. The number of thiophene rings is 1. The van der Waals surface area contributed by atoms with Gasteiger partial charge >= 0.3 is 0 Å². The lowest BCUT2D eigenvalue weighted by Gasteiger charge is -2.30. The van der Waals surface area contributed by atoms with E-state index in [1.165, 1.54) is 5.56 Å². The number of hydrogen-bond acceptors (Lipinski definition) is 3. The number of carbonyl (C=O) groups is 1. The summed E-state index contributed by atoms with van der Waals surface area (Å²) in [6.45, 7) is 0.302. The van der Waals surface area contributed by atoms with Crippen molar-refractivity contribution in [3.63, 3.8) is 0 Å². The molecule has 3 nitrogen and oxygen atoms in total. The average Bonchev–Trinajstić information content (AvgIpc) is 3.34. The smallest absolute Gasteiger partial charge is 0.231 e. The number of amides is 1.